The van der Waals surface area contributed by atoms with E-state index in [1.807, 2.05) is 60.7 Å². The first kappa shape index (κ1) is 19.3. The first-order chi connectivity index (χ1) is 16.1. The Labute approximate surface area is 188 Å². The Bertz CT molecular complexity index is 1460. The number of rotatable bonds is 3. The molecule has 0 unspecified atom stereocenters. The van der Waals surface area contributed by atoms with Gasteiger partial charge < -0.3 is 4.74 Å². The molecule has 160 valence electrons. The van der Waals surface area contributed by atoms with Crippen LogP contribution in [-0.4, -0.2) is 43.8 Å². The zero-order chi connectivity index (χ0) is 22.4. The third kappa shape index (κ3) is 3.16. The van der Waals surface area contributed by atoms with E-state index in [1.54, 1.807) is 23.0 Å². The summed E-state index contributed by atoms with van der Waals surface area (Å²) in [5.41, 5.74) is 1.17. The second-order valence-corrected chi connectivity index (χ2v) is 7.73. The number of para-hydroxylation sites is 1. The number of hydrogen-bond acceptors (Lipinski definition) is 6. The summed E-state index contributed by atoms with van der Waals surface area (Å²) in [5.74, 6) is 0.305. The molecule has 2 aromatic carbocycles. The predicted octanol–water partition coefficient (Wildman–Crippen LogP) is 3.24. The molecule has 33 heavy (non-hydrogen) atoms. The van der Waals surface area contributed by atoms with Gasteiger partial charge in [0, 0.05) is 17.1 Å². The van der Waals surface area contributed by atoms with E-state index in [2.05, 4.69) is 4.98 Å². The van der Waals surface area contributed by atoms with Crippen molar-refractivity contribution in [1.82, 2.24) is 19.7 Å². The molecule has 6 rings (SSSR count). The van der Waals surface area contributed by atoms with E-state index in [4.69, 9.17) is 14.8 Å². The summed E-state index contributed by atoms with van der Waals surface area (Å²) in [5, 5.41) is 5.71. The van der Waals surface area contributed by atoms with Gasteiger partial charge in [-0.3, -0.25) is 14.6 Å². The molecule has 1 saturated heterocycles. The maximum absolute atomic E-state index is 13.0. The number of aromatic nitrogens is 4. The summed E-state index contributed by atoms with van der Waals surface area (Å²) in [6.07, 6.45) is 7.69. The SMILES string of the molecule is O=C1C=CC2(C=C1)OCC(=O)N2c1nc(-c2ccc3ncccc3c2)nn1-c1ccccc1. The molecule has 4 aromatic rings. The van der Waals surface area contributed by atoms with Crippen molar-refractivity contribution in [3.05, 3.63) is 91.2 Å². The van der Waals surface area contributed by atoms with Gasteiger partial charge in [-0.05, 0) is 60.7 Å². The van der Waals surface area contributed by atoms with Gasteiger partial charge in [-0.1, -0.05) is 24.3 Å². The highest BCUT2D eigenvalue weighted by atomic mass is 16.5. The first-order valence-electron chi connectivity index (χ1n) is 10.4. The van der Waals surface area contributed by atoms with Crippen LogP contribution in [0, 0.1) is 0 Å². The molecule has 8 nitrogen and oxygen atoms in total. The number of benzene rings is 2. The van der Waals surface area contributed by atoms with Gasteiger partial charge in [0.15, 0.2) is 17.3 Å². The van der Waals surface area contributed by atoms with E-state index in [9.17, 15) is 9.59 Å². The van der Waals surface area contributed by atoms with Crippen molar-refractivity contribution in [2.45, 2.75) is 5.72 Å². The van der Waals surface area contributed by atoms with Crippen molar-refractivity contribution in [3.8, 4) is 17.1 Å². The molecule has 8 heteroatoms. The van der Waals surface area contributed by atoms with E-state index in [1.165, 1.54) is 17.1 Å². The highest BCUT2D eigenvalue weighted by molar-refractivity contribution is 6.03. The molecule has 1 aliphatic carbocycles. The molecule has 0 radical (unpaired) electrons. The molecule has 0 saturated carbocycles. The Balaban J connectivity index is 1.54. The fourth-order valence-corrected chi connectivity index (χ4v) is 4.06. The maximum atomic E-state index is 13.0. The van der Waals surface area contributed by atoms with Crippen LogP contribution >= 0.6 is 0 Å². The molecule has 1 aliphatic heterocycles. The van der Waals surface area contributed by atoms with Crippen LogP contribution in [0.5, 0.6) is 0 Å². The predicted molar refractivity (Wildman–Crippen MR) is 122 cm³/mol. The van der Waals surface area contributed by atoms with E-state index < -0.39 is 5.72 Å². The summed E-state index contributed by atoms with van der Waals surface area (Å²) < 4.78 is 7.45. The molecule has 2 aliphatic rings. The third-order valence-corrected chi connectivity index (χ3v) is 5.65. The number of carbonyl (C=O) groups is 2. The molecule has 1 spiro atoms. The van der Waals surface area contributed by atoms with Crippen LogP contribution in [0.3, 0.4) is 0 Å². The molecule has 0 atom stereocenters. The minimum atomic E-state index is -1.23. The number of nitrogens with zero attached hydrogens (tertiary/aromatic N) is 5. The van der Waals surface area contributed by atoms with Crippen LogP contribution in [0.25, 0.3) is 28.0 Å². The average Bonchev–Trinajstić information content (AvgIpc) is 3.42. The van der Waals surface area contributed by atoms with E-state index in [-0.39, 0.29) is 18.3 Å². The van der Waals surface area contributed by atoms with Crippen LogP contribution in [-0.2, 0) is 14.3 Å². The van der Waals surface area contributed by atoms with Gasteiger partial charge in [0.05, 0.1) is 11.2 Å². The minimum Gasteiger partial charge on any atom is -0.338 e. The Hall–Kier alpha value is -4.43. The smallest absolute Gasteiger partial charge is 0.258 e. The summed E-state index contributed by atoms with van der Waals surface area (Å²) in [6, 6.07) is 19.1. The number of allylic oxidation sites excluding steroid dienone is 2. The second-order valence-electron chi connectivity index (χ2n) is 7.73. The number of hydrogen-bond donors (Lipinski definition) is 0. The normalized spacial score (nSPS) is 16.9. The van der Waals surface area contributed by atoms with E-state index >= 15 is 0 Å². The van der Waals surface area contributed by atoms with E-state index in [0.29, 0.717) is 11.8 Å². The lowest BCUT2D eigenvalue weighted by atomic mass is 10.1. The number of ketones is 1. The molecule has 2 aromatic heterocycles. The number of amides is 1. The third-order valence-electron chi connectivity index (χ3n) is 5.65. The molecule has 0 N–H and O–H groups in total. The lowest BCUT2D eigenvalue weighted by molar-refractivity contribution is -0.117. The number of carbonyl (C=O) groups excluding carboxylic acids is 2. The van der Waals surface area contributed by atoms with Gasteiger partial charge in [-0.15, -0.1) is 5.10 Å². The lowest BCUT2D eigenvalue weighted by Gasteiger charge is -2.31. The Kier molecular flexibility index (Phi) is 4.27. The number of fused-ring (bicyclic) bond motifs is 1. The van der Waals surface area contributed by atoms with Gasteiger partial charge in [0.2, 0.25) is 5.95 Å². The molecule has 0 bridgehead atoms. The lowest BCUT2D eigenvalue weighted by Crippen LogP contribution is -2.46. The van der Waals surface area contributed by atoms with Crippen molar-refractivity contribution < 1.29 is 14.3 Å². The van der Waals surface area contributed by atoms with Gasteiger partial charge >= 0.3 is 0 Å². The Morgan fingerprint density at radius 1 is 0.939 bits per heavy atom. The highest BCUT2D eigenvalue weighted by Crippen LogP contribution is 2.36. The molecular formula is C25H17N5O3. The average molecular weight is 435 g/mol. The second kappa shape index (κ2) is 7.32. The zero-order valence-electron chi connectivity index (χ0n) is 17.3. The quantitative estimate of drug-likeness (QED) is 0.491. The van der Waals surface area contributed by atoms with Crippen molar-refractivity contribution in [3.63, 3.8) is 0 Å². The highest BCUT2D eigenvalue weighted by Gasteiger charge is 2.48. The van der Waals surface area contributed by atoms with E-state index in [0.717, 1.165) is 22.2 Å². The standard InChI is InChI=1S/C25H17N5O3/c31-20-10-12-25(13-11-20)29(22(32)16-33-25)24-27-23(28-30(24)19-6-2-1-3-7-19)18-8-9-21-17(15-18)5-4-14-26-21/h1-15H,16H2. The number of pyridine rings is 1. The van der Waals surface area contributed by atoms with Crippen LogP contribution < -0.4 is 4.90 Å². The van der Waals surface area contributed by atoms with Crippen molar-refractivity contribution in [2.24, 2.45) is 0 Å². The minimum absolute atomic E-state index is 0.137. The molecule has 1 amide bonds. The molecule has 1 fully saturated rings. The van der Waals surface area contributed by atoms with Crippen LogP contribution in [0.1, 0.15) is 0 Å². The summed E-state index contributed by atoms with van der Waals surface area (Å²) in [6.45, 7) is -0.137. The van der Waals surface area contributed by atoms with Crippen molar-refractivity contribution >= 4 is 28.5 Å². The van der Waals surface area contributed by atoms with Crippen LogP contribution in [0.4, 0.5) is 5.95 Å². The summed E-state index contributed by atoms with van der Waals surface area (Å²) in [7, 11) is 0. The number of ether oxygens (including phenoxy) is 1. The summed E-state index contributed by atoms with van der Waals surface area (Å²) in [4.78, 5) is 35.3. The zero-order valence-corrected chi connectivity index (χ0v) is 17.3. The number of anilines is 1. The van der Waals surface area contributed by atoms with Crippen LogP contribution in [0.15, 0.2) is 91.2 Å². The fourth-order valence-electron chi connectivity index (χ4n) is 4.06. The Morgan fingerprint density at radius 3 is 2.58 bits per heavy atom. The molecule has 3 heterocycles. The van der Waals surface area contributed by atoms with Gasteiger partial charge in [-0.25, -0.2) is 4.90 Å². The molecular weight excluding hydrogens is 418 g/mol. The van der Waals surface area contributed by atoms with Gasteiger partial charge in [-0.2, -0.15) is 9.67 Å². The monoisotopic (exact) mass is 435 g/mol. The van der Waals surface area contributed by atoms with Gasteiger partial charge in [0.1, 0.15) is 6.61 Å². The fraction of sp³-hybridized carbons (Fsp3) is 0.0800. The first-order valence-corrected chi connectivity index (χ1v) is 10.4. The van der Waals surface area contributed by atoms with Crippen molar-refractivity contribution in [2.75, 3.05) is 11.5 Å². The largest absolute Gasteiger partial charge is 0.338 e. The van der Waals surface area contributed by atoms with Crippen LogP contribution in [0.2, 0.25) is 0 Å². The maximum Gasteiger partial charge on any atom is 0.258 e. The topological polar surface area (TPSA) is 90.2 Å². The summed E-state index contributed by atoms with van der Waals surface area (Å²) >= 11 is 0. The van der Waals surface area contributed by atoms with Crippen molar-refractivity contribution in [1.29, 1.82) is 0 Å². The van der Waals surface area contributed by atoms with Gasteiger partial charge in [0.25, 0.3) is 5.91 Å². The Morgan fingerprint density at radius 2 is 1.76 bits per heavy atom.